The number of nitrogens with zero attached hydrogens (tertiary/aromatic N) is 1. The number of ether oxygens (including phenoxy) is 1. The summed E-state index contributed by atoms with van der Waals surface area (Å²) in [6.45, 7) is 8.31. The molecular formula is C17H28N2O. The van der Waals surface area contributed by atoms with Crippen molar-refractivity contribution in [3.05, 3.63) is 35.9 Å². The van der Waals surface area contributed by atoms with Crippen LogP contribution >= 0.6 is 0 Å². The van der Waals surface area contributed by atoms with Gasteiger partial charge in [-0.3, -0.25) is 4.90 Å². The summed E-state index contributed by atoms with van der Waals surface area (Å²) in [6.07, 6.45) is 2.56. The second kappa shape index (κ2) is 7.21. The van der Waals surface area contributed by atoms with E-state index < -0.39 is 0 Å². The maximum absolute atomic E-state index is 5.93. The summed E-state index contributed by atoms with van der Waals surface area (Å²) in [7, 11) is 0. The molecule has 1 heterocycles. The van der Waals surface area contributed by atoms with Gasteiger partial charge in [-0.15, -0.1) is 0 Å². The SMILES string of the molecule is CC(N)COC1C[C@@H](C)N(Cc2ccccc2)[C@@H](C)C1. The molecule has 4 atom stereocenters. The quantitative estimate of drug-likeness (QED) is 0.898. The molecule has 0 saturated carbocycles. The molecule has 2 N–H and O–H groups in total. The molecule has 1 aromatic rings. The van der Waals surface area contributed by atoms with Crippen LogP contribution in [0, 0.1) is 0 Å². The number of rotatable bonds is 5. The molecule has 0 bridgehead atoms. The van der Waals surface area contributed by atoms with Crippen LogP contribution in [0.5, 0.6) is 0 Å². The van der Waals surface area contributed by atoms with E-state index in [1.807, 2.05) is 6.92 Å². The monoisotopic (exact) mass is 276 g/mol. The van der Waals surface area contributed by atoms with Crippen LogP contribution in [0.4, 0.5) is 0 Å². The number of likely N-dealkylation sites (tertiary alicyclic amines) is 1. The molecule has 2 unspecified atom stereocenters. The summed E-state index contributed by atoms with van der Waals surface area (Å²) in [5, 5.41) is 0. The highest BCUT2D eigenvalue weighted by Crippen LogP contribution is 2.26. The largest absolute Gasteiger partial charge is 0.377 e. The van der Waals surface area contributed by atoms with E-state index in [1.165, 1.54) is 5.56 Å². The molecule has 2 rings (SSSR count). The van der Waals surface area contributed by atoms with Gasteiger partial charge in [0.25, 0.3) is 0 Å². The first-order valence-corrected chi connectivity index (χ1v) is 7.73. The Morgan fingerprint density at radius 2 is 1.80 bits per heavy atom. The molecule has 0 radical (unpaired) electrons. The van der Waals surface area contributed by atoms with Gasteiger partial charge < -0.3 is 10.5 Å². The van der Waals surface area contributed by atoms with E-state index in [0.717, 1.165) is 19.4 Å². The van der Waals surface area contributed by atoms with Crippen molar-refractivity contribution in [2.75, 3.05) is 6.61 Å². The summed E-state index contributed by atoms with van der Waals surface area (Å²) in [5.74, 6) is 0. The Balaban J connectivity index is 1.90. The van der Waals surface area contributed by atoms with Crippen molar-refractivity contribution in [1.82, 2.24) is 4.90 Å². The van der Waals surface area contributed by atoms with Gasteiger partial charge in [-0.05, 0) is 39.2 Å². The minimum Gasteiger partial charge on any atom is -0.377 e. The number of piperidine rings is 1. The molecule has 0 aliphatic carbocycles. The number of hydrogen-bond donors (Lipinski definition) is 1. The fourth-order valence-electron chi connectivity index (χ4n) is 3.09. The highest BCUT2D eigenvalue weighted by Gasteiger charge is 2.31. The molecule has 0 amide bonds. The predicted molar refractivity (Wildman–Crippen MR) is 83.5 cm³/mol. The topological polar surface area (TPSA) is 38.5 Å². The van der Waals surface area contributed by atoms with E-state index in [4.69, 9.17) is 10.5 Å². The summed E-state index contributed by atoms with van der Waals surface area (Å²) in [4.78, 5) is 2.58. The summed E-state index contributed by atoms with van der Waals surface area (Å²) >= 11 is 0. The Bertz CT molecular complexity index is 381. The van der Waals surface area contributed by atoms with E-state index in [-0.39, 0.29) is 6.04 Å². The average Bonchev–Trinajstić information content (AvgIpc) is 2.42. The fourth-order valence-corrected chi connectivity index (χ4v) is 3.09. The van der Waals surface area contributed by atoms with Gasteiger partial charge in [-0.1, -0.05) is 30.3 Å². The van der Waals surface area contributed by atoms with E-state index in [0.29, 0.717) is 24.8 Å². The smallest absolute Gasteiger partial charge is 0.0618 e. The van der Waals surface area contributed by atoms with Gasteiger partial charge in [-0.2, -0.15) is 0 Å². The van der Waals surface area contributed by atoms with Crippen LogP contribution in [-0.4, -0.2) is 35.7 Å². The van der Waals surface area contributed by atoms with Gasteiger partial charge in [0.15, 0.2) is 0 Å². The molecule has 20 heavy (non-hydrogen) atoms. The fraction of sp³-hybridized carbons (Fsp3) is 0.647. The van der Waals surface area contributed by atoms with Crippen molar-refractivity contribution >= 4 is 0 Å². The van der Waals surface area contributed by atoms with Crippen molar-refractivity contribution in [3.63, 3.8) is 0 Å². The zero-order valence-electron chi connectivity index (χ0n) is 13.0. The lowest BCUT2D eigenvalue weighted by molar-refractivity contribution is -0.0394. The Morgan fingerprint density at radius 1 is 1.20 bits per heavy atom. The second-order valence-corrected chi connectivity index (χ2v) is 6.26. The number of hydrogen-bond acceptors (Lipinski definition) is 3. The molecule has 1 aliphatic heterocycles. The first-order chi connectivity index (χ1) is 9.56. The standard InChI is InChI=1S/C17H28N2O/c1-13(18)12-20-17-9-14(2)19(15(3)10-17)11-16-7-5-4-6-8-16/h4-8,13-15,17H,9-12,18H2,1-3H3/t13?,14-,15+,17?. The molecule has 3 heteroatoms. The van der Waals surface area contributed by atoms with Crippen LogP contribution in [0.15, 0.2) is 30.3 Å². The molecule has 112 valence electrons. The van der Waals surface area contributed by atoms with E-state index in [2.05, 4.69) is 49.1 Å². The van der Waals surface area contributed by atoms with Crippen LogP contribution in [-0.2, 0) is 11.3 Å². The van der Waals surface area contributed by atoms with Gasteiger partial charge in [0.05, 0.1) is 12.7 Å². The van der Waals surface area contributed by atoms with Crippen LogP contribution in [0.1, 0.15) is 39.2 Å². The molecule has 1 fully saturated rings. The predicted octanol–water partition coefficient (Wildman–Crippen LogP) is 2.79. The van der Waals surface area contributed by atoms with E-state index in [1.54, 1.807) is 0 Å². The molecule has 1 aromatic carbocycles. The lowest BCUT2D eigenvalue weighted by Gasteiger charge is -2.42. The zero-order chi connectivity index (χ0) is 14.5. The molecule has 1 saturated heterocycles. The van der Waals surface area contributed by atoms with Crippen molar-refractivity contribution in [1.29, 1.82) is 0 Å². The minimum absolute atomic E-state index is 0.128. The Labute approximate surface area is 123 Å². The van der Waals surface area contributed by atoms with Gasteiger partial charge in [0.1, 0.15) is 0 Å². The first-order valence-electron chi connectivity index (χ1n) is 7.73. The third kappa shape index (κ3) is 4.30. The van der Waals surface area contributed by atoms with Crippen molar-refractivity contribution in [2.45, 2.75) is 64.4 Å². The van der Waals surface area contributed by atoms with Gasteiger partial charge in [-0.25, -0.2) is 0 Å². The average molecular weight is 276 g/mol. The van der Waals surface area contributed by atoms with Gasteiger partial charge >= 0.3 is 0 Å². The van der Waals surface area contributed by atoms with E-state index >= 15 is 0 Å². The zero-order valence-corrected chi connectivity index (χ0v) is 13.0. The lowest BCUT2D eigenvalue weighted by atomic mass is 9.94. The molecule has 3 nitrogen and oxygen atoms in total. The number of benzene rings is 1. The minimum atomic E-state index is 0.128. The van der Waals surface area contributed by atoms with Crippen LogP contribution in [0.3, 0.4) is 0 Å². The van der Waals surface area contributed by atoms with Crippen molar-refractivity contribution < 1.29 is 4.74 Å². The highest BCUT2D eigenvalue weighted by atomic mass is 16.5. The Kier molecular flexibility index (Phi) is 5.58. The first kappa shape index (κ1) is 15.5. The highest BCUT2D eigenvalue weighted by molar-refractivity contribution is 5.15. The van der Waals surface area contributed by atoms with Crippen molar-refractivity contribution in [2.24, 2.45) is 5.73 Å². The third-order valence-electron chi connectivity index (χ3n) is 4.14. The van der Waals surface area contributed by atoms with E-state index in [9.17, 15) is 0 Å². The van der Waals surface area contributed by atoms with Crippen LogP contribution in [0.2, 0.25) is 0 Å². The maximum Gasteiger partial charge on any atom is 0.0618 e. The Morgan fingerprint density at radius 3 is 2.35 bits per heavy atom. The van der Waals surface area contributed by atoms with Gasteiger partial charge in [0.2, 0.25) is 0 Å². The second-order valence-electron chi connectivity index (χ2n) is 6.26. The van der Waals surface area contributed by atoms with Crippen LogP contribution < -0.4 is 5.73 Å². The summed E-state index contributed by atoms with van der Waals surface area (Å²) < 4.78 is 5.93. The van der Waals surface area contributed by atoms with Crippen LogP contribution in [0.25, 0.3) is 0 Å². The summed E-state index contributed by atoms with van der Waals surface area (Å²) in [5.41, 5.74) is 7.16. The lowest BCUT2D eigenvalue weighted by Crippen LogP contribution is -2.48. The number of nitrogens with two attached hydrogens (primary N) is 1. The van der Waals surface area contributed by atoms with Crippen molar-refractivity contribution in [3.8, 4) is 0 Å². The molecular weight excluding hydrogens is 248 g/mol. The molecule has 0 spiro atoms. The summed E-state index contributed by atoms with van der Waals surface area (Å²) in [6, 6.07) is 11.9. The van der Waals surface area contributed by atoms with Gasteiger partial charge in [0, 0.05) is 24.7 Å². The molecule has 1 aliphatic rings. The Hall–Kier alpha value is -0.900. The molecule has 0 aromatic heterocycles. The maximum atomic E-state index is 5.93. The third-order valence-corrected chi connectivity index (χ3v) is 4.14. The normalized spacial score (nSPS) is 29.3.